The lowest BCUT2D eigenvalue weighted by atomic mass is 10.1. The Hall–Kier alpha value is -3.16. The first-order valence-electron chi connectivity index (χ1n) is 9.03. The fourth-order valence-corrected chi connectivity index (χ4v) is 3.57. The van der Waals surface area contributed by atoms with E-state index in [0.29, 0.717) is 18.2 Å². The number of pyridine rings is 1. The van der Waals surface area contributed by atoms with E-state index in [1.54, 1.807) is 19.3 Å². The van der Waals surface area contributed by atoms with Crippen molar-refractivity contribution in [1.82, 2.24) is 24.5 Å². The van der Waals surface area contributed by atoms with E-state index in [2.05, 4.69) is 20.3 Å². The average molecular weight is 366 g/mol. The summed E-state index contributed by atoms with van der Waals surface area (Å²) in [5.74, 6) is 0.220. The van der Waals surface area contributed by atoms with Gasteiger partial charge in [0.25, 0.3) is 11.5 Å². The standard InChI is InChI=1S/C19H22N6O2/c1-13-18(25-7-4-3-5-16(25)22-13)19(27)20-10-14-6-8-24(12-14)15-9-17(26)23(2)21-11-15/h3-5,7,9,11,14H,6,8,10,12H2,1-2H3,(H,20,27). The van der Waals surface area contributed by atoms with Crippen LogP contribution < -0.4 is 15.8 Å². The molecule has 1 atom stereocenters. The summed E-state index contributed by atoms with van der Waals surface area (Å²) in [5.41, 5.74) is 2.79. The topological polar surface area (TPSA) is 84.5 Å². The Kier molecular flexibility index (Phi) is 4.39. The van der Waals surface area contributed by atoms with Crippen molar-refractivity contribution in [3.8, 4) is 0 Å². The molecular formula is C19H22N6O2. The first-order chi connectivity index (χ1) is 13.0. The van der Waals surface area contributed by atoms with Crippen LogP contribution in [0.15, 0.2) is 41.5 Å². The van der Waals surface area contributed by atoms with Crippen LogP contribution in [0.4, 0.5) is 5.69 Å². The SMILES string of the molecule is Cc1nc2ccccn2c1C(=O)NCC1CCN(c2cnn(C)c(=O)c2)C1. The van der Waals surface area contributed by atoms with E-state index in [0.717, 1.165) is 36.5 Å². The van der Waals surface area contributed by atoms with Crippen LogP contribution in [0.25, 0.3) is 5.65 Å². The van der Waals surface area contributed by atoms with Gasteiger partial charge in [-0.15, -0.1) is 0 Å². The number of hydrogen-bond acceptors (Lipinski definition) is 5. The summed E-state index contributed by atoms with van der Waals surface area (Å²) in [4.78, 5) is 31.0. The van der Waals surface area contributed by atoms with Gasteiger partial charge in [-0.05, 0) is 31.4 Å². The van der Waals surface area contributed by atoms with E-state index in [-0.39, 0.29) is 11.5 Å². The number of carbonyl (C=O) groups is 1. The molecule has 1 unspecified atom stereocenters. The van der Waals surface area contributed by atoms with E-state index in [9.17, 15) is 9.59 Å². The lowest BCUT2D eigenvalue weighted by molar-refractivity contribution is 0.0941. The van der Waals surface area contributed by atoms with Gasteiger partial charge in [-0.25, -0.2) is 9.67 Å². The minimum atomic E-state index is -0.118. The molecule has 0 saturated carbocycles. The average Bonchev–Trinajstić information content (AvgIpc) is 3.25. The van der Waals surface area contributed by atoms with E-state index < -0.39 is 0 Å². The second-order valence-electron chi connectivity index (χ2n) is 6.96. The predicted octanol–water partition coefficient (Wildman–Crippen LogP) is 0.993. The maximum absolute atomic E-state index is 12.7. The summed E-state index contributed by atoms with van der Waals surface area (Å²) in [6, 6.07) is 7.28. The number of hydrogen-bond donors (Lipinski definition) is 1. The van der Waals surface area contributed by atoms with Gasteiger partial charge < -0.3 is 10.2 Å². The Bertz CT molecular complexity index is 1050. The molecule has 1 aliphatic heterocycles. The highest BCUT2D eigenvalue weighted by atomic mass is 16.2. The zero-order chi connectivity index (χ0) is 19.0. The maximum Gasteiger partial charge on any atom is 0.270 e. The summed E-state index contributed by atoms with van der Waals surface area (Å²) < 4.78 is 3.13. The Morgan fingerprint density at radius 3 is 3.04 bits per heavy atom. The van der Waals surface area contributed by atoms with Crippen LogP contribution in [0.5, 0.6) is 0 Å². The van der Waals surface area contributed by atoms with Crippen molar-refractivity contribution in [3.05, 3.63) is 58.4 Å². The summed E-state index contributed by atoms with van der Waals surface area (Å²) in [6.07, 6.45) is 4.52. The Morgan fingerprint density at radius 1 is 1.37 bits per heavy atom. The number of imidazole rings is 1. The molecule has 0 bridgehead atoms. The summed E-state index contributed by atoms with van der Waals surface area (Å²) in [5, 5.41) is 7.12. The lowest BCUT2D eigenvalue weighted by Gasteiger charge is -2.18. The number of rotatable bonds is 4. The van der Waals surface area contributed by atoms with Crippen LogP contribution in [-0.4, -0.2) is 44.7 Å². The number of anilines is 1. The van der Waals surface area contributed by atoms with Crippen molar-refractivity contribution in [2.75, 3.05) is 24.5 Å². The molecule has 4 heterocycles. The van der Waals surface area contributed by atoms with E-state index in [1.807, 2.05) is 35.7 Å². The van der Waals surface area contributed by atoms with Crippen molar-refractivity contribution < 1.29 is 4.79 Å². The molecule has 0 aliphatic carbocycles. The second kappa shape index (κ2) is 6.86. The van der Waals surface area contributed by atoms with Gasteiger partial charge in [-0.3, -0.25) is 14.0 Å². The number of carbonyl (C=O) groups excluding carboxylic acids is 1. The molecule has 1 amide bonds. The quantitative estimate of drug-likeness (QED) is 0.744. The number of amides is 1. The van der Waals surface area contributed by atoms with Gasteiger partial charge in [0.05, 0.1) is 17.6 Å². The van der Waals surface area contributed by atoms with Crippen LogP contribution >= 0.6 is 0 Å². The first-order valence-corrected chi connectivity index (χ1v) is 9.03. The third kappa shape index (κ3) is 3.30. The van der Waals surface area contributed by atoms with Gasteiger partial charge in [0, 0.05) is 38.9 Å². The number of aryl methyl sites for hydroxylation is 2. The Labute approximate surface area is 156 Å². The van der Waals surface area contributed by atoms with Crippen LogP contribution in [0, 0.1) is 12.8 Å². The first kappa shape index (κ1) is 17.3. The van der Waals surface area contributed by atoms with Crippen molar-refractivity contribution in [3.63, 3.8) is 0 Å². The predicted molar refractivity (Wildman–Crippen MR) is 102 cm³/mol. The van der Waals surface area contributed by atoms with Crippen LogP contribution in [0.2, 0.25) is 0 Å². The molecule has 1 N–H and O–H groups in total. The maximum atomic E-state index is 12.7. The third-order valence-electron chi connectivity index (χ3n) is 5.08. The zero-order valence-corrected chi connectivity index (χ0v) is 15.4. The van der Waals surface area contributed by atoms with Gasteiger partial charge in [-0.1, -0.05) is 6.07 Å². The van der Waals surface area contributed by atoms with Crippen molar-refractivity contribution >= 4 is 17.2 Å². The summed E-state index contributed by atoms with van der Waals surface area (Å²) in [7, 11) is 1.64. The number of aromatic nitrogens is 4. The highest BCUT2D eigenvalue weighted by molar-refractivity contribution is 5.94. The van der Waals surface area contributed by atoms with Crippen molar-refractivity contribution in [2.24, 2.45) is 13.0 Å². The summed E-state index contributed by atoms with van der Waals surface area (Å²) in [6.45, 7) is 4.08. The summed E-state index contributed by atoms with van der Waals surface area (Å²) >= 11 is 0. The molecule has 1 saturated heterocycles. The molecule has 0 radical (unpaired) electrons. The van der Waals surface area contributed by atoms with Crippen molar-refractivity contribution in [2.45, 2.75) is 13.3 Å². The molecular weight excluding hydrogens is 344 g/mol. The van der Waals surface area contributed by atoms with Gasteiger partial charge in [-0.2, -0.15) is 5.10 Å². The van der Waals surface area contributed by atoms with Crippen LogP contribution in [-0.2, 0) is 7.05 Å². The minimum absolute atomic E-state index is 0.111. The number of nitrogens with zero attached hydrogens (tertiary/aromatic N) is 5. The molecule has 8 nitrogen and oxygen atoms in total. The fourth-order valence-electron chi connectivity index (χ4n) is 3.57. The normalized spacial score (nSPS) is 16.8. The van der Waals surface area contributed by atoms with E-state index >= 15 is 0 Å². The van der Waals surface area contributed by atoms with E-state index in [4.69, 9.17) is 0 Å². The molecule has 0 spiro atoms. The molecule has 27 heavy (non-hydrogen) atoms. The molecule has 4 rings (SSSR count). The molecule has 0 aromatic carbocycles. The van der Waals surface area contributed by atoms with E-state index in [1.165, 1.54) is 4.68 Å². The molecule has 140 valence electrons. The zero-order valence-electron chi connectivity index (χ0n) is 15.4. The molecule has 3 aromatic heterocycles. The lowest BCUT2D eigenvalue weighted by Crippen LogP contribution is -2.32. The second-order valence-corrected chi connectivity index (χ2v) is 6.96. The molecule has 8 heteroatoms. The third-order valence-corrected chi connectivity index (χ3v) is 5.08. The fraction of sp³-hybridized carbons (Fsp3) is 0.368. The molecule has 3 aromatic rings. The van der Waals surface area contributed by atoms with Crippen LogP contribution in [0.1, 0.15) is 22.6 Å². The number of nitrogens with one attached hydrogen (secondary N) is 1. The molecule has 1 fully saturated rings. The minimum Gasteiger partial charge on any atom is -0.370 e. The smallest absolute Gasteiger partial charge is 0.270 e. The van der Waals surface area contributed by atoms with Crippen molar-refractivity contribution in [1.29, 1.82) is 0 Å². The monoisotopic (exact) mass is 366 g/mol. The highest BCUT2D eigenvalue weighted by Gasteiger charge is 2.25. The Balaban J connectivity index is 1.40. The van der Waals surface area contributed by atoms with Crippen LogP contribution in [0.3, 0.4) is 0 Å². The Morgan fingerprint density at radius 2 is 2.22 bits per heavy atom. The highest BCUT2D eigenvalue weighted by Crippen LogP contribution is 2.21. The van der Waals surface area contributed by atoms with Gasteiger partial charge in [0.2, 0.25) is 0 Å². The number of fused-ring (bicyclic) bond motifs is 1. The molecule has 1 aliphatic rings. The van der Waals surface area contributed by atoms with Gasteiger partial charge in [0.1, 0.15) is 11.3 Å². The largest absolute Gasteiger partial charge is 0.370 e. The van der Waals surface area contributed by atoms with Gasteiger partial charge in [0.15, 0.2) is 0 Å². The van der Waals surface area contributed by atoms with Gasteiger partial charge >= 0.3 is 0 Å².